The van der Waals surface area contributed by atoms with E-state index < -0.39 is 0 Å². The first-order valence-electron chi connectivity index (χ1n) is 9.20. The third-order valence-corrected chi connectivity index (χ3v) is 5.14. The summed E-state index contributed by atoms with van der Waals surface area (Å²) < 4.78 is 18.4. The van der Waals surface area contributed by atoms with Gasteiger partial charge in [0, 0.05) is 42.5 Å². The first-order chi connectivity index (χ1) is 12.7. The minimum atomic E-state index is -0.318. The molecule has 1 heterocycles. The molecule has 4 nitrogen and oxygen atoms in total. The Morgan fingerprint density at radius 2 is 1.81 bits per heavy atom. The predicted molar refractivity (Wildman–Crippen MR) is 106 cm³/mol. The molecule has 2 N–H and O–H groups in total. The summed E-state index contributed by atoms with van der Waals surface area (Å²) in [4.78, 5) is 12.5. The van der Waals surface area contributed by atoms with Crippen LogP contribution in [0.1, 0.15) is 41.1 Å². The fraction of sp³-hybridized carbons (Fsp3) is 0.381. The van der Waals surface area contributed by atoms with Gasteiger partial charge in [0.2, 0.25) is 0 Å². The lowest BCUT2D eigenvalue weighted by molar-refractivity contribution is 0.0774. The number of benzene rings is 2. The minimum absolute atomic E-state index is 0. The van der Waals surface area contributed by atoms with Crippen LogP contribution in [0.2, 0.25) is 0 Å². The van der Waals surface area contributed by atoms with E-state index in [1.807, 2.05) is 18.2 Å². The molecule has 1 saturated carbocycles. The summed E-state index contributed by atoms with van der Waals surface area (Å²) in [5.74, 6) is -0.0220. The van der Waals surface area contributed by atoms with E-state index in [-0.39, 0.29) is 24.1 Å². The van der Waals surface area contributed by atoms with E-state index in [0.29, 0.717) is 29.3 Å². The van der Waals surface area contributed by atoms with Crippen molar-refractivity contribution in [2.45, 2.75) is 37.3 Å². The lowest BCUT2D eigenvalue weighted by atomic mass is 10.1. The van der Waals surface area contributed by atoms with Crippen molar-refractivity contribution in [3.8, 4) is 0 Å². The van der Waals surface area contributed by atoms with Crippen LogP contribution < -0.4 is 10.6 Å². The number of nitrogens with one attached hydrogen (secondary N) is 2. The first kappa shape index (κ1) is 19.8. The summed E-state index contributed by atoms with van der Waals surface area (Å²) in [5.41, 5.74) is 2.41. The molecule has 1 aliphatic carbocycles. The largest absolute Gasteiger partial charge is 0.381 e. The van der Waals surface area contributed by atoms with Crippen molar-refractivity contribution in [2.24, 2.45) is 0 Å². The van der Waals surface area contributed by atoms with Crippen LogP contribution in [0.4, 0.5) is 10.1 Å². The minimum Gasteiger partial charge on any atom is -0.381 e. The van der Waals surface area contributed by atoms with Crippen molar-refractivity contribution >= 4 is 24.0 Å². The maximum absolute atomic E-state index is 13.0. The van der Waals surface area contributed by atoms with E-state index in [2.05, 4.69) is 16.7 Å². The zero-order valence-electron chi connectivity index (χ0n) is 15.0. The van der Waals surface area contributed by atoms with Gasteiger partial charge >= 0.3 is 0 Å². The summed E-state index contributed by atoms with van der Waals surface area (Å²) in [6.45, 7) is 1.68. The Balaban J connectivity index is 0.00000210. The molecule has 27 heavy (non-hydrogen) atoms. The summed E-state index contributed by atoms with van der Waals surface area (Å²) in [5, 5.41) is 6.53. The maximum atomic E-state index is 13.0. The molecule has 6 heteroatoms. The van der Waals surface area contributed by atoms with Gasteiger partial charge in [0.05, 0.1) is 0 Å². The molecule has 0 unspecified atom stereocenters. The molecule has 0 aromatic heterocycles. The zero-order valence-corrected chi connectivity index (χ0v) is 15.8. The van der Waals surface area contributed by atoms with Crippen LogP contribution in [0.25, 0.3) is 0 Å². The van der Waals surface area contributed by atoms with Crippen LogP contribution in [0.3, 0.4) is 0 Å². The molecule has 4 rings (SSSR count). The van der Waals surface area contributed by atoms with E-state index in [1.165, 1.54) is 17.7 Å². The van der Waals surface area contributed by atoms with Gasteiger partial charge in [0.1, 0.15) is 5.82 Å². The molecule has 0 spiro atoms. The third-order valence-electron chi connectivity index (χ3n) is 5.14. The second kappa shape index (κ2) is 8.83. The van der Waals surface area contributed by atoms with Crippen molar-refractivity contribution in [1.29, 1.82) is 0 Å². The number of anilines is 1. The smallest absolute Gasteiger partial charge is 0.255 e. The average Bonchev–Trinajstić information content (AvgIpc) is 3.44. The van der Waals surface area contributed by atoms with Crippen molar-refractivity contribution in [3.05, 3.63) is 65.5 Å². The van der Waals surface area contributed by atoms with E-state index in [4.69, 9.17) is 4.74 Å². The quantitative estimate of drug-likeness (QED) is 0.807. The predicted octanol–water partition coefficient (Wildman–Crippen LogP) is 4.12. The summed E-state index contributed by atoms with van der Waals surface area (Å²) in [7, 11) is 0. The van der Waals surface area contributed by atoms with Crippen molar-refractivity contribution in [2.75, 3.05) is 18.5 Å². The Morgan fingerprint density at radius 1 is 1.07 bits per heavy atom. The SMILES string of the molecule is Cl.O=C(Nc1ccc(F)cc1)c1cccc([C@@H]2C[C@H]2NC2CCOCC2)c1. The van der Waals surface area contributed by atoms with Crippen molar-refractivity contribution in [3.63, 3.8) is 0 Å². The monoisotopic (exact) mass is 390 g/mol. The maximum Gasteiger partial charge on any atom is 0.255 e. The Hall–Kier alpha value is -1.95. The van der Waals surface area contributed by atoms with Crippen LogP contribution in [-0.4, -0.2) is 31.2 Å². The number of halogens is 2. The Morgan fingerprint density at radius 3 is 2.56 bits per heavy atom. The number of ether oxygens (including phenoxy) is 1. The van der Waals surface area contributed by atoms with Gasteiger partial charge in [-0.05, 0) is 61.2 Å². The van der Waals surface area contributed by atoms with E-state index in [0.717, 1.165) is 32.5 Å². The molecule has 1 aliphatic heterocycles. The number of carbonyl (C=O) groups excluding carboxylic acids is 1. The topological polar surface area (TPSA) is 50.4 Å². The lowest BCUT2D eigenvalue weighted by Crippen LogP contribution is -2.36. The molecule has 1 saturated heterocycles. The summed E-state index contributed by atoms with van der Waals surface area (Å²) >= 11 is 0. The van der Waals surface area contributed by atoms with Gasteiger partial charge in [-0.2, -0.15) is 0 Å². The average molecular weight is 391 g/mol. The summed E-state index contributed by atoms with van der Waals surface area (Å²) in [6.07, 6.45) is 3.26. The lowest BCUT2D eigenvalue weighted by Gasteiger charge is -2.23. The second-order valence-electron chi connectivity index (χ2n) is 7.09. The van der Waals surface area contributed by atoms with Gasteiger partial charge in [0.15, 0.2) is 0 Å². The van der Waals surface area contributed by atoms with E-state index in [1.54, 1.807) is 12.1 Å². The highest BCUT2D eigenvalue weighted by atomic mass is 35.5. The fourth-order valence-electron chi connectivity index (χ4n) is 3.56. The molecule has 2 aromatic carbocycles. The van der Waals surface area contributed by atoms with Crippen molar-refractivity contribution in [1.82, 2.24) is 5.32 Å². The number of amides is 1. The van der Waals surface area contributed by atoms with Gasteiger partial charge in [-0.15, -0.1) is 12.4 Å². The summed E-state index contributed by atoms with van der Waals surface area (Å²) in [6, 6.07) is 14.6. The second-order valence-corrected chi connectivity index (χ2v) is 7.09. The Labute approximate surface area is 164 Å². The zero-order chi connectivity index (χ0) is 17.9. The first-order valence-corrected chi connectivity index (χ1v) is 9.20. The van der Waals surface area contributed by atoms with Gasteiger partial charge < -0.3 is 15.4 Å². The molecule has 0 bridgehead atoms. The number of hydrogen-bond acceptors (Lipinski definition) is 3. The molecular weight excluding hydrogens is 367 g/mol. The Kier molecular flexibility index (Phi) is 6.47. The Bertz CT molecular complexity index is 778. The highest BCUT2D eigenvalue weighted by molar-refractivity contribution is 6.04. The highest BCUT2D eigenvalue weighted by Gasteiger charge is 2.39. The molecule has 2 fully saturated rings. The van der Waals surface area contributed by atoms with Gasteiger partial charge in [0.25, 0.3) is 5.91 Å². The van der Waals surface area contributed by atoms with Gasteiger partial charge in [-0.1, -0.05) is 12.1 Å². The van der Waals surface area contributed by atoms with Crippen LogP contribution >= 0.6 is 12.4 Å². The molecule has 2 aliphatic rings. The molecule has 1 amide bonds. The van der Waals surface area contributed by atoms with Gasteiger partial charge in [-0.3, -0.25) is 4.79 Å². The van der Waals surface area contributed by atoms with Crippen LogP contribution in [-0.2, 0) is 4.74 Å². The molecule has 2 aromatic rings. The van der Waals surface area contributed by atoms with Crippen LogP contribution in [0.15, 0.2) is 48.5 Å². The van der Waals surface area contributed by atoms with Crippen LogP contribution in [0.5, 0.6) is 0 Å². The molecule has 2 atom stereocenters. The molecular formula is C21H24ClFN2O2. The molecule has 144 valence electrons. The standard InChI is InChI=1S/C21H23FN2O2.ClH/c22-16-4-6-17(7-5-16)24-21(25)15-3-1-2-14(12-15)19-13-20(19)23-18-8-10-26-11-9-18;/h1-7,12,18-20,23H,8-11,13H2,(H,24,25);1H/t19-,20+;/m0./s1. The van der Waals surface area contributed by atoms with E-state index >= 15 is 0 Å². The normalized spacial score (nSPS) is 22.0. The number of hydrogen-bond donors (Lipinski definition) is 2. The highest BCUT2D eigenvalue weighted by Crippen LogP contribution is 2.41. The number of rotatable bonds is 5. The van der Waals surface area contributed by atoms with Gasteiger partial charge in [-0.25, -0.2) is 4.39 Å². The van der Waals surface area contributed by atoms with Crippen molar-refractivity contribution < 1.29 is 13.9 Å². The van der Waals surface area contributed by atoms with Crippen LogP contribution in [0, 0.1) is 5.82 Å². The third kappa shape index (κ3) is 5.06. The number of carbonyl (C=O) groups is 1. The molecule has 0 radical (unpaired) electrons. The van der Waals surface area contributed by atoms with E-state index in [9.17, 15) is 9.18 Å². The fourth-order valence-corrected chi connectivity index (χ4v) is 3.56.